The second-order valence-electron chi connectivity index (χ2n) is 4.63. The lowest BCUT2D eigenvalue weighted by Gasteiger charge is -2.09. The molecular formula is C13H16N4O. The number of carbonyl (C=O) groups excluding carboxylic acids is 1. The molecule has 5 heteroatoms. The van der Waals surface area contributed by atoms with Crippen molar-refractivity contribution in [3.05, 3.63) is 36.3 Å². The smallest absolute Gasteiger partial charge is 0.220 e. The van der Waals surface area contributed by atoms with Gasteiger partial charge in [0.25, 0.3) is 0 Å². The van der Waals surface area contributed by atoms with Gasteiger partial charge >= 0.3 is 0 Å². The SMILES string of the molecule is O=C1CCC(CNCc2cn3ccccc3n2)N1. The molecule has 1 atom stereocenters. The van der Waals surface area contributed by atoms with E-state index in [-0.39, 0.29) is 11.9 Å². The van der Waals surface area contributed by atoms with Gasteiger partial charge in [-0.1, -0.05) is 6.07 Å². The third-order valence-corrected chi connectivity index (χ3v) is 3.20. The number of pyridine rings is 1. The Kier molecular flexibility index (Phi) is 2.98. The van der Waals surface area contributed by atoms with Crippen molar-refractivity contribution in [1.29, 1.82) is 0 Å². The van der Waals surface area contributed by atoms with E-state index in [0.29, 0.717) is 6.42 Å². The van der Waals surface area contributed by atoms with Crippen molar-refractivity contribution >= 4 is 11.6 Å². The lowest BCUT2D eigenvalue weighted by molar-refractivity contribution is -0.119. The molecule has 1 aliphatic heterocycles. The van der Waals surface area contributed by atoms with Crippen LogP contribution in [0.1, 0.15) is 18.5 Å². The lowest BCUT2D eigenvalue weighted by atomic mass is 10.2. The number of imidazole rings is 1. The maximum Gasteiger partial charge on any atom is 0.220 e. The minimum absolute atomic E-state index is 0.162. The summed E-state index contributed by atoms with van der Waals surface area (Å²) in [5, 5.41) is 6.27. The number of hydrogen-bond acceptors (Lipinski definition) is 3. The maximum atomic E-state index is 11.0. The first-order chi connectivity index (χ1) is 8.81. The van der Waals surface area contributed by atoms with Crippen molar-refractivity contribution in [2.75, 3.05) is 6.54 Å². The van der Waals surface area contributed by atoms with Gasteiger partial charge in [0.2, 0.25) is 5.91 Å². The number of nitrogens with zero attached hydrogens (tertiary/aromatic N) is 2. The van der Waals surface area contributed by atoms with E-state index >= 15 is 0 Å². The van der Waals surface area contributed by atoms with Gasteiger partial charge in [-0.15, -0.1) is 0 Å². The van der Waals surface area contributed by atoms with Crippen LogP contribution >= 0.6 is 0 Å². The Labute approximate surface area is 105 Å². The molecule has 18 heavy (non-hydrogen) atoms. The van der Waals surface area contributed by atoms with Gasteiger partial charge in [-0.3, -0.25) is 4.79 Å². The fraction of sp³-hybridized carbons (Fsp3) is 0.385. The van der Waals surface area contributed by atoms with Gasteiger partial charge in [0.15, 0.2) is 0 Å². The van der Waals surface area contributed by atoms with Crippen LogP contribution in [0.5, 0.6) is 0 Å². The molecule has 0 radical (unpaired) electrons. The molecule has 0 aliphatic carbocycles. The first-order valence-corrected chi connectivity index (χ1v) is 6.24. The monoisotopic (exact) mass is 244 g/mol. The molecule has 1 amide bonds. The van der Waals surface area contributed by atoms with Crippen molar-refractivity contribution in [3.63, 3.8) is 0 Å². The average molecular weight is 244 g/mol. The summed E-state index contributed by atoms with van der Waals surface area (Å²) in [5.74, 6) is 0.162. The van der Waals surface area contributed by atoms with Crippen molar-refractivity contribution < 1.29 is 4.79 Å². The third-order valence-electron chi connectivity index (χ3n) is 3.20. The second-order valence-corrected chi connectivity index (χ2v) is 4.63. The highest BCUT2D eigenvalue weighted by molar-refractivity contribution is 5.78. The summed E-state index contributed by atoms with van der Waals surface area (Å²) < 4.78 is 2.01. The summed E-state index contributed by atoms with van der Waals surface area (Å²) >= 11 is 0. The highest BCUT2D eigenvalue weighted by Crippen LogP contribution is 2.06. The molecule has 2 aromatic rings. The fourth-order valence-corrected chi connectivity index (χ4v) is 2.28. The Morgan fingerprint density at radius 1 is 1.50 bits per heavy atom. The minimum Gasteiger partial charge on any atom is -0.352 e. The van der Waals surface area contributed by atoms with Crippen LogP contribution in [0.4, 0.5) is 0 Å². The molecule has 1 fully saturated rings. The zero-order valence-electron chi connectivity index (χ0n) is 10.1. The Morgan fingerprint density at radius 3 is 3.22 bits per heavy atom. The quantitative estimate of drug-likeness (QED) is 0.832. The number of nitrogens with one attached hydrogen (secondary N) is 2. The zero-order chi connectivity index (χ0) is 12.4. The van der Waals surface area contributed by atoms with Gasteiger partial charge < -0.3 is 15.0 Å². The summed E-state index contributed by atoms with van der Waals surface area (Å²) in [7, 11) is 0. The predicted molar refractivity (Wildman–Crippen MR) is 68.1 cm³/mol. The summed E-state index contributed by atoms with van der Waals surface area (Å²) in [4.78, 5) is 15.6. The van der Waals surface area contributed by atoms with Crippen molar-refractivity contribution in [1.82, 2.24) is 20.0 Å². The number of hydrogen-bond donors (Lipinski definition) is 2. The van der Waals surface area contributed by atoms with Crippen LogP contribution in [0.2, 0.25) is 0 Å². The Hall–Kier alpha value is -1.88. The predicted octanol–water partition coefficient (Wildman–Crippen LogP) is 0.702. The van der Waals surface area contributed by atoms with Crippen LogP contribution in [0.3, 0.4) is 0 Å². The highest BCUT2D eigenvalue weighted by Gasteiger charge is 2.19. The third kappa shape index (κ3) is 2.36. The summed E-state index contributed by atoms with van der Waals surface area (Å²) in [5.41, 5.74) is 1.98. The molecular weight excluding hydrogens is 228 g/mol. The van der Waals surface area contributed by atoms with Gasteiger partial charge in [0, 0.05) is 37.9 Å². The van der Waals surface area contributed by atoms with Crippen LogP contribution < -0.4 is 10.6 Å². The Balaban J connectivity index is 1.55. The summed E-state index contributed by atoms with van der Waals surface area (Å²) in [6.45, 7) is 1.54. The molecule has 0 aromatic carbocycles. The molecule has 2 N–H and O–H groups in total. The number of fused-ring (bicyclic) bond motifs is 1. The lowest BCUT2D eigenvalue weighted by Crippen LogP contribution is -2.35. The molecule has 3 rings (SSSR count). The van der Waals surface area contributed by atoms with Crippen LogP contribution in [-0.4, -0.2) is 27.9 Å². The molecule has 1 aliphatic rings. The average Bonchev–Trinajstić information content (AvgIpc) is 2.95. The van der Waals surface area contributed by atoms with Crippen LogP contribution in [0.25, 0.3) is 5.65 Å². The van der Waals surface area contributed by atoms with Gasteiger partial charge in [-0.25, -0.2) is 4.98 Å². The van der Waals surface area contributed by atoms with E-state index in [4.69, 9.17) is 0 Å². The normalized spacial score (nSPS) is 19.3. The van der Waals surface area contributed by atoms with Crippen LogP contribution in [0.15, 0.2) is 30.6 Å². The largest absolute Gasteiger partial charge is 0.352 e. The maximum absolute atomic E-state index is 11.0. The number of aromatic nitrogens is 2. The minimum atomic E-state index is 0.162. The van der Waals surface area contributed by atoms with E-state index in [2.05, 4.69) is 15.6 Å². The zero-order valence-corrected chi connectivity index (χ0v) is 10.1. The number of carbonyl (C=O) groups is 1. The second kappa shape index (κ2) is 4.78. The molecule has 1 saturated heterocycles. The van der Waals surface area contributed by atoms with Crippen LogP contribution in [0, 0.1) is 0 Å². The van der Waals surface area contributed by atoms with Crippen molar-refractivity contribution in [2.45, 2.75) is 25.4 Å². The van der Waals surface area contributed by atoms with E-state index < -0.39 is 0 Å². The molecule has 0 saturated carbocycles. The highest BCUT2D eigenvalue weighted by atomic mass is 16.1. The topological polar surface area (TPSA) is 58.4 Å². The van der Waals surface area contributed by atoms with E-state index in [0.717, 1.165) is 30.9 Å². The van der Waals surface area contributed by atoms with Crippen LogP contribution in [-0.2, 0) is 11.3 Å². The number of amides is 1. The Bertz CT molecular complexity index is 530. The fourth-order valence-electron chi connectivity index (χ4n) is 2.28. The summed E-state index contributed by atoms with van der Waals surface area (Å²) in [6, 6.07) is 6.23. The van der Waals surface area contributed by atoms with Gasteiger partial charge in [-0.05, 0) is 18.6 Å². The molecule has 94 valence electrons. The Morgan fingerprint density at radius 2 is 2.44 bits per heavy atom. The van der Waals surface area contributed by atoms with Gasteiger partial charge in [0.05, 0.1) is 5.69 Å². The standard InChI is InChI=1S/C13H16N4O/c18-13-5-4-10(16-13)7-14-8-11-9-17-6-2-1-3-12(17)15-11/h1-3,6,9-10,14H,4-5,7-8H2,(H,16,18). The van der Waals surface area contributed by atoms with E-state index in [9.17, 15) is 4.79 Å². The first kappa shape index (κ1) is 11.2. The first-order valence-electron chi connectivity index (χ1n) is 6.24. The molecule has 0 spiro atoms. The van der Waals surface area contributed by atoms with Crippen molar-refractivity contribution in [3.8, 4) is 0 Å². The van der Waals surface area contributed by atoms with E-state index in [1.54, 1.807) is 0 Å². The van der Waals surface area contributed by atoms with E-state index in [1.807, 2.05) is 35.0 Å². The molecule has 3 heterocycles. The molecule has 1 unspecified atom stereocenters. The number of rotatable bonds is 4. The van der Waals surface area contributed by atoms with E-state index in [1.165, 1.54) is 0 Å². The van der Waals surface area contributed by atoms with Crippen molar-refractivity contribution in [2.24, 2.45) is 0 Å². The molecule has 5 nitrogen and oxygen atoms in total. The molecule has 0 bridgehead atoms. The molecule has 2 aromatic heterocycles. The van der Waals surface area contributed by atoms with Gasteiger partial charge in [-0.2, -0.15) is 0 Å². The van der Waals surface area contributed by atoms with Gasteiger partial charge in [0.1, 0.15) is 5.65 Å². The summed E-state index contributed by atoms with van der Waals surface area (Å²) in [6.07, 6.45) is 5.59.